The molecule has 0 radical (unpaired) electrons. The van der Waals surface area contributed by atoms with E-state index in [1.165, 1.54) is 4.88 Å². The fourth-order valence-electron chi connectivity index (χ4n) is 1.56. The van der Waals surface area contributed by atoms with Gasteiger partial charge in [0.25, 0.3) is 0 Å². The summed E-state index contributed by atoms with van der Waals surface area (Å²) in [5, 5.41) is 10.8. The number of hydrogen-bond donors (Lipinski definition) is 1. The molecule has 0 saturated heterocycles. The van der Waals surface area contributed by atoms with Gasteiger partial charge in [0.2, 0.25) is 0 Å². The number of carboxylic acids is 1. The minimum absolute atomic E-state index is 0.0922. The molecule has 1 heterocycles. The summed E-state index contributed by atoms with van der Waals surface area (Å²) in [6, 6.07) is 4.20. The molecule has 0 aromatic carbocycles. The number of hydrogen-bond acceptors (Lipinski definition) is 3. The van der Waals surface area contributed by atoms with Gasteiger partial charge in [-0.05, 0) is 24.9 Å². The molecule has 15 heavy (non-hydrogen) atoms. The minimum atomic E-state index is -0.730. The highest BCUT2D eigenvalue weighted by Crippen LogP contribution is 2.14. The number of nitrogens with zero attached hydrogens (tertiary/aromatic N) is 1. The van der Waals surface area contributed by atoms with Gasteiger partial charge in [0.05, 0.1) is 6.42 Å². The first-order valence-corrected chi connectivity index (χ1v) is 5.99. The van der Waals surface area contributed by atoms with E-state index in [1.54, 1.807) is 11.3 Å². The lowest BCUT2D eigenvalue weighted by Gasteiger charge is -2.25. The Balaban J connectivity index is 2.51. The molecule has 4 heteroatoms. The summed E-state index contributed by atoms with van der Waals surface area (Å²) in [4.78, 5) is 14.1. The van der Waals surface area contributed by atoms with Crippen molar-refractivity contribution in [2.24, 2.45) is 0 Å². The van der Waals surface area contributed by atoms with Crippen molar-refractivity contribution >= 4 is 17.3 Å². The van der Waals surface area contributed by atoms with E-state index in [9.17, 15) is 4.79 Å². The molecule has 3 nitrogen and oxygen atoms in total. The second kappa shape index (κ2) is 5.88. The van der Waals surface area contributed by atoms with Crippen molar-refractivity contribution in [2.75, 3.05) is 6.54 Å². The van der Waals surface area contributed by atoms with E-state index in [4.69, 9.17) is 5.11 Å². The summed E-state index contributed by atoms with van der Waals surface area (Å²) in [5.41, 5.74) is 0. The summed E-state index contributed by atoms with van der Waals surface area (Å²) in [6.07, 6.45) is 0.208. The summed E-state index contributed by atoms with van der Waals surface area (Å²) in [7, 11) is 0. The fraction of sp³-hybridized carbons (Fsp3) is 0.545. The highest BCUT2D eigenvalue weighted by molar-refractivity contribution is 7.09. The standard InChI is InChI=1S/C11H17NO2S/c1-3-12(9(2)7-11(13)14)8-10-5-4-6-15-10/h4-6,9H,3,7-8H2,1-2H3,(H,13,14). The molecule has 1 aromatic rings. The van der Waals surface area contributed by atoms with Crippen LogP contribution in [0.4, 0.5) is 0 Å². The maximum absolute atomic E-state index is 10.6. The molecule has 0 spiro atoms. The second-order valence-electron chi connectivity index (χ2n) is 3.59. The molecule has 0 aliphatic carbocycles. The van der Waals surface area contributed by atoms with Crippen LogP contribution in [0.1, 0.15) is 25.1 Å². The van der Waals surface area contributed by atoms with E-state index >= 15 is 0 Å². The molecule has 0 bridgehead atoms. The van der Waals surface area contributed by atoms with Crippen molar-refractivity contribution in [1.82, 2.24) is 4.90 Å². The largest absolute Gasteiger partial charge is 0.481 e. The molecular formula is C11H17NO2S. The minimum Gasteiger partial charge on any atom is -0.481 e. The zero-order chi connectivity index (χ0) is 11.3. The Morgan fingerprint density at radius 3 is 2.87 bits per heavy atom. The van der Waals surface area contributed by atoms with Gasteiger partial charge in [-0.15, -0.1) is 11.3 Å². The first-order valence-electron chi connectivity index (χ1n) is 5.11. The van der Waals surface area contributed by atoms with Gasteiger partial charge < -0.3 is 5.11 Å². The van der Waals surface area contributed by atoms with Crippen LogP contribution in [0, 0.1) is 0 Å². The van der Waals surface area contributed by atoms with Crippen LogP contribution >= 0.6 is 11.3 Å². The van der Waals surface area contributed by atoms with Crippen LogP contribution in [0.25, 0.3) is 0 Å². The van der Waals surface area contributed by atoms with E-state index in [1.807, 2.05) is 18.4 Å². The number of carbonyl (C=O) groups is 1. The summed E-state index contributed by atoms with van der Waals surface area (Å²) in [6.45, 7) is 5.76. The van der Waals surface area contributed by atoms with Crippen molar-refractivity contribution in [2.45, 2.75) is 32.9 Å². The quantitative estimate of drug-likeness (QED) is 0.811. The molecule has 0 aliphatic rings. The van der Waals surface area contributed by atoms with Gasteiger partial charge in [0.15, 0.2) is 0 Å². The Labute approximate surface area is 94.3 Å². The van der Waals surface area contributed by atoms with Gasteiger partial charge in [-0.3, -0.25) is 9.69 Å². The molecule has 1 aromatic heterocycles. The number of rotatable bonds is 6. The van der Waals surface area contributed by atoms with Crippen LogP contribution in [-0.2, 0) is 11.3 Å². The zero-order valence-corrected chi connectivity index (χ0v) is 9.96. The molecule has 0 aliphatic heterocycles. The predicted molar refractivity (Wildman–Crippen MR) is 62.1 cm³/mol. The highest BCUT2D eigenvalue weighted by atomic mass is 32.1. The van der Waals surface area contributed by atoms with Crippen molar-refractivity contribution < 1.29 is 9.90 Å². The van der Waals surface area contributed by atoms with E-state index in [2.05, 4.69) is 17.9 Å². The molecule has 1 atom stereocenters. The van der Waals surface area contributed by atoms with Gasteiger partial charge in [-0.2, -0.15) is 0 Å². The second-order valence-corrected chi connectivity index (χ2v) is 4.62. The van der Waals surface area contributed by atoms with Crippen LogP contribution in [0.3, 0.4) is 0 Å². The Morgan fingerprint density at radius 1 is 1.67 bits per heavy atom. The third-order valence-corrected chi connectivity index (χ3v) is 3.30. The van der Waals surface area contributed by atoms with E-state index < -0.39 is 5.97 Å². The number of carboxylic acid groups (broad SMARTS) is 1. The molecule has 0 saturated carbocycles. The maximum Gasteiger partial charge on any atom is 0.304 e. The van der Waals surface area contributed by atoms with Crippen molar-refractivity contribution in [3.8, 4) is 0 Å². The number of thiophene rings is 1. The SMILES string of the molecule is CCN(Cc1cccs1)C(C)CC(=O)O. The third-order valence-electron chi connectivity index (χ3n) is 2.44. The Morgan fingerprint density at radius 2 is 2.40 bits per heavy atom. The smallest absolute Gasteiger partial charge is 0.304 e. The lowest BCUT2D eigenvalue weighted by atomic mass is 10.2. The Kier molecular flexibility index (Phi) is 4.78. The van der Waals surface area contributed by atoms with Gasteiger partial charge in [-0.25, -0.2) is 0 Å². The third kappa shape index (κ3) is 4.01. The lowest BCUT2D eigenvalue weighted by Crippen LogP contribution is -2.33. The molecule has 0 fully saturated rings. The van der Waals surface area contributed by atoms with E-state index in [0.717, 1.165) is 13.1 Å². The van der Waals surface area contributed by atoms with Gasteiger partial charge in [-0.1, -0.05) is 13.0 Å². The average molecular weight is 227 g/mol. The van der Waals surface area contributed by atoms with Crippen molar-refractivity contribution in [3.63, 3.8) is 0 Å². The van der Waals surface area contributed by atoms with Gasteiger partial charge >= 0.3 is 5.97 Å². The lowest BCUT2D eigenvalue weighted by molar-refractivity contribution is -0.138. The average Bonchev–Trinajstić information content (AvgIpc) is 2.65. The monoisotopic (exact) mass is 227 g/mol. The Bertz CT molecular complexity index is 298. The normalized spacial score (nSPS) is 13.0. The molecule has 1 N–H and O–H groups in total. The summed E-state index contributed by atoms with van der Waals surface area (Å²) < 4.78 is 0. The molecule has 1 unspecified atom stereocenters. The zero-order valence-electron chi connectivity index (χ0n) is 9.14. The first kappa shape index (κ1) is 12.2. The van der Waals surface area contributed by atoms with Gasteiger partial charge in [0.1, 0.15) is 0 Å². The molecule has 0 amide bonds. The van der Waals surface area contributed by atoms with Crippen LogP contribution in [-0.4, -0.2) is 28.6 Å². The maximum atomic E-state index is 10.6. The Hall–Kier alpha value is -0.870. The van der Waals surface area contributed by atoms with Crippen LogP contribution in [0.15, 0.2) is 17.5 Å². The predicted octanol–water partition coefficient (Wildman–Crippen LogP) is 2.43. The number of aliphatic carboxylic acids is 1. The molecule has 1 rings (SSSR count). The van der Waals surface area contributed by atoms with Crippen LogP contribution in [0.2, 0.25) is 0 Å². The summed E-state index contributed by atoms with van der Waals surface area (Å²) >= 11 is 1.71. The molecule has 84 valence electrons. The molecular weight excluding hydrogens is 210 g/mol. The topological polar surface area (TPSA) is 40.5 Å². The van der Waals surface area contributed by atoms with E-state index in [0.29, 0.717) is 0 Å². The fourth-order valence-corrected chi connectivity index (χ4v) is 2.29. The van der Waals surface area contributed by atoms with E-state index in [-0.39, 0.29) is 12.5 Å². The first-order chi connectivity index (χ1) is 7.13. The van der Waals surface area contributed by atoms with Crippen LogP contribution in [0.5, 0.6) is 0 Å². The summed E-state index contributed by atoms with van der Waals surface area (Å²) in [5.74, 6) is -0.730. The van der Waals surface area contributed by atoms with Crippen molar-refractivity contribution in [3.05, 3.63) is 22.4 Å². The van der Waals surface area contributed by atoms with Crippen molar-refractivity contribution in [1.29, 1.82) is 0 Å². The van der Waals surface area contributed by atoms with Crippen LogP contribution < -0.4 is 0 Å². The van der Waals surface area contributed by atoms with Gasteiger partial charge in [0, 0.05) is 17.5 Å². The highest BCUT2D eigenvalue weighted by Gasteiger charge is 2.15.